The van der Waals surface area contributed by atoms with Gasteiger partial charge in [-0.3, -0.25) is 9.59 Å². The Morgan fingerprint density at radius 2 is 1.88 bits per heavy atom. The molecule has 0 unspecified atom stereocenters. The number of para-hydroxylation sites is 1. The Balaban J connectivity index is 1.51. The van der Waals surface area contributed by atoms with Gasteiger partial charge in [-0.2, -0.15) is 0 Å². The largest absolute Gasteiger partial charge is 0.358 e. The van der Waals surface area contributed by atoms with Crippen LogP contribution < -0.4 is 5.32 Å². The summed E-state index contributed by atoms with van der Waals surface area (Å²) in [7, 11) is 0. The highest BCUT2D eigenvalue weighted by atomic mass is 16.2. The van der Waals surface area contributed by atoms with Crippen LogP contribution in [0, 0.1) is 0 Å². The Morgan fingerprint density at radius 3 is 2.65 bits per heavy atom. The number of hydrogen-bond donors (Lipinski definition) is 2. The first-order chi connectivity index (χ1) is 12.6. The molecule has 5 nitrogen and oxygen atoms in total. The molecule has 1 aliphatic heterocycles. The first-order valence-electron chi connectivity index (χ1n) is 8.83. The van der Waals surface area contributed by atoms with Crippen LogP contribution >= 0.6 is 0 Å². The summed E-state index contributed by atoms with van der Waals surface area (Å²) in [4.78, 5) is 29.3. The first kappa shape index (κ1) is 16.4. The van der Waals surface area contributed by atoms with E-state index >= 15 is 0 Å². The summed E-state index contributed by atoms with van der Waals surface area (Å²) in [5.41, 5.74) is 5.26. The first-order valence-corrected chi connectivity index (χ1v) is 8.83. The number of rotatable bonds is 3. The van der Waals surface area contributed by atoms with Gasteiger partial charge in [0.2, 0.25) is 5.91 Å². The maximum absolute atomic E-state index is 12.9. The van der Waals surface area contributed by atoms with Gasteiger partial charge in [0.15, 0.2) is 0 Å². The lowest BCUT2D eigenvalue weighted by Crippen LogP contribution is -2.35. The number of aromatic nitrogens is 1. The highest BCUT2D eigenvalue weighted by molar-refractivity contribution is 5.95. The van der Waals surface area contributed by atoms with Gasteiger partial charge in [0.25, 0.3) is 5.91 Å². The molecule has 1 aliphatic rings. The molecule has 132 valence electrons. The van der Waals surface area contributed by atoms with E-state index in [1.165, 1.54) is 23.6 Å². The topological polar surface area (TPSA) is 65.2 Å². The third-order valence-corrected chi connectivity index (χ3v) is 4.91. The van der Waals surface area contributed by atoms with Crippen molar-refractivity contribution >= 4 is 22.7 Å². The number of carbonyl (C=O) groups is 2. The molecule has 26 heavy (non-hydrogen) atoms. The number of nitrogens with one attached hydrogen (secondary N) is 2. The fourth-order valence-electron chi connectivity index (χ4n) is 3.51. The third kappa shape index (κ3) is 3.08. The third-order valence-electron chi connectivity index (χ3n) is 4.91. The van der Waals surface area contributed by atoms with Gasteiger partial charge in [-0.05, 0) is 23.8 Å². The Kier molecular flexibility index (Phi) is 4.21. The number of hydrogen-bond acceptors (Lipinski definition) is 2. The van der Waals surface area contributed by atoms with Crippen molar-refractivity contribution in [3.8, 4) is 0 Å². The molecule has 2 N–H and O–H groups in total. The van der Waals surface area contributed by atoms with E-state index in [0.717, 1.165) is 17.5 Å². The van der Waals surface area contributed by atoms with E-state index < -0.39 is 0 Å². The smallest absolute Gasteiger partial charge is 0.254 e. The molecule has 0 spiro atoms. The van der Waals surface area contributed by atoms with Gasteiger partial charge >= 0.3 is 0 Å². The van der Waals surface area contributed by atoms with Crippen molar-refractivity contribution < 1.29 is 9.59 Å². The predicted molar refractivity (Wildman–Crippen MR) is 101 cm³/mol. The van der Waals surface area contributed by atoms with E-state index in [2.05, 4.69) is 22.4 Å². The number of nitrogens with zero attached hydrogens (tertiary/aromatic N) is 1. The number of aromatic amines is 1. The van der Waals surface area contributed by atoms with Crippen LogP contribution in [-0.4, -0.2) is 28.2 Å². The van der Waals surface area contributed by atoms with Crippen LogP contribution in [0.25, 0.3) is 10.9 Å². The minimum absolute atomic E-state index is 0.0482. The van der Waals surface area contributed by atoms with Gasteiger partial charge in [0.1, 0.15) is 0 Å². The van der Waals surface area contributed by atoms with E-state index in [4.69, 9.17) is 0 Å². The van der Waals surface area contributed by atoms with E-state index in [0.29, 0.717) is 25.2 Å². The van der Waals surface area contributed by atoms with Crippen molar-refractivity contribution in [3.63, 3.8) is 0 Å². The molecule has 2 heterocycles. The highest BCUT2D eigenvalue weighted by Gasteiger charge is 2.24. The number of carbonyl (C=O) groups excluding carboxylic acids is 2. The maximum Gasteiger partial charge on any atom is 0.254 e. The van der Waals surface area contributed by atoms with Crippen molar-refractivity contribution in [2.24, 2.45) is 0 Å². The second-order valence-electron chi connectivity index (χ2n) is 6.71. The summed E-state index contributed by atoms with van der Waals surface area (Å²) in [6, 6.07) is 15.7. The minimum Gasteiger partial charge on any atom is -0.358 e. The van der Waals surface area contributed by atoms with Crippen LogP contribution in [0.4, 0.5) is 0 Å². The summed E-state index contributed by atoms with van der Waals surface area (Å²) in [6.45, 7) is 3.32. The normalized spacial score (nSPS) is 13.5. The molecule has 4 rings (SSSR count). The summed E-state index contributed by atoms with van der Waals surface area (Å²) >= 11 is 0. The van der Waals surface area contributed by atoms with Gasteiger partial charge in [0, 0.05) is 60.7 Å². The standard InChI is InChI=1S/C21H21N3O2/c1-14(25)22-12-15-6-8-16(9-7-15)21(26)24-11-10-20-18(13-24)17-4-2-3-5-19(17)23-20/h2-9,23H,10-13H2,1H3,(H,22,25). The van der Waals surface area contributed by atoms with Crippen LogP contribution in [0.5, 0.6) is 0 Å². The molecule has 0 radical (unpaired) electrons. The van der Waals surface area contributed by atoms with Crippen LogP contribution in [0.15, 0.2) is 48.5 Å². The molecule has 0 bridgehead atoms. The van der Waals surface area contributed by atoms with Crippen molar-refractivity contribution in [2.75, 3.05) is 6.54 Å². The van der Waals surface area contributed by atoms with Gasteiger partial charge in [-0.1, -0.05) is 30.3 Å². The predicted octanol–water partition coefficient (Wildman–Crippen LogP) is 3.00. The van der Waals surface area contributed by atoms with E-state index in [9.17, 15) is 9.59 Å². The SMILES string of the molecule is CC(=O)NCc1ccc(C(=O)N2CCc3[nH]c4ccccc4c3C2)cc1. The van der Waals surface area contributed by atoms with Gasteiger partial charge in [-0.25, -0.2) is 0 Å². The van der Waals surface area contributed by atoms with Crippen molar-refractivity contribution in [1.29, 1.82) is 0 Å². The summed E-state index contributed by atoms with van der Waals surface area (Å²) in [6.07, 6.45) is 0.844. The highest BCUT2D eigenvalue weighted by Crippen LogP contribution is 2.28. The summed E-state index contributed by atoms with van der Waals surface area (Å²) < 4.78 is 0. The molecule has 2 aromatic carbocycles. The quantitative estimate of drug-likeness (QED) is 0.765. The van der Waals surface area contributed by atoms with E-state index in [-0.39, 0.29) is 11.8 Å². The molecular formula is C21H21N3O2. The van der Waals surface area contributed by atoms with Crippen molar-refractivity contribution in [1.82, 2.24) is 15.2 Å². The monoisotopic (exact) mass is 347 g/mol. The molecule has 3 aromatic rings. The van der Waals surface area contributed by atoms with Gasteiger partial charge < -0.3 is 15.2 Å². The summed E-state index contributed by atoms with van der Waals surface area (Å²) in [5.74, 6) is -0.0139. The van der Waals surface area contributed by atoms with Crippen molar-refractivity contribution in [3.05, 3.63) is 70.9 Å². The molecule has 0 aliphatic carbocycles. The maximum atomic E-state index is 12.9. The van der Waals surface area contributed by atoms with Crippen molar-refractivity contribution in [2.45, 2.75) is 26.4 Å². The average molecular weight is 347 g/mol. The average Bonchev–Trinajstić information content (AvgIpc) is 3.04. The molecule has 0 atom stereocenters. The zero-order valence-electron chi connectivity index (χ0n) is 14.7. The Labute approximate surface area is 152 Å². The molecule has 0 saturated heterocycles. The fourth-order valence-corrected chi connectivity index (χ4v) is 3.51. The number of H-pyrrole nitrogens is 1. The molecule has 1 aromatic heterocycles. The summed E-state index contributed by atoms with van der Waals surface area (Å²) in [5, 5.41) is 3.96. The molecule has 2 amide bonds. The zero-order chi connectivity index (χ0) is 18.1. The van der Waals surface area contributed by atoms with Crippen LogP contribution in [-0.2, 0) is 24.3 Å². The van der Waals surface area contributed by atoms with Gasteiger partial charge in [0.05, 0.1) is 0 Å². The van der Waals surface area contributed by atoms with Gasteiger partial charge in [-0.15, -0.1) is 0 Å². The lowest BCUT2D eigenvalue weighted by Gasteiger charge is -2.27. The number of benzene rings is 2. The van der Waals surface area contributed by atoms with E-state index in [1.807, 2.05) is 41.3 Å². The van der Waals surface area contributed by atoms with E-state index in [1.54, 1.807) is 0 Å². The molecule has 0 fully saturated rings. The molecular weight excluding hydrogens is 326 g/mol. The second kappa shape index (κ2) is 6.67. The fraction of sp³-hybridized carbons (Fsp3) is 0.238. The molecule has 0 saturated carbocycles. The Hall–Kier alpha value is -3.08. The van der Waals surface area contributed by atoms with Crippen LogP contribution in [0.2, 0.25) is 0 Å². The lowest BCUT2D eigenvalue weighted by molar-refractivity contribution is -0.119. The van der Waals surface area contributed by atoms with Crippen LogP contribution in [0.3, 0.4) is 0 Å². The lowest BCUT2D eigenvalue weighted by atomic mass is 10.0. The number of fused-ring (bicyclic) bond motifs is 3. The molecule has 5 heteroatoms. The minimum atomic E-state index is -0.0620. The zero-order valence-corrected chi connectivity index (χ0v) is 14.7. The Bertz CT molecular complexity index is 973. The Morgan fingerprint density at radius 1 is 1.12 bits per heavy atom. The van der Waals surface area contributed by atoms with Crippen LogP contribution in [0.1, 0.15) is 34.1 Å². The second-order valence-corrected chi connectivity index (χ2v) is 6.71. The number of amides is 2.